The predicted octanol–water partition coefficient (Wildman–Crippen LogP) is 3.76. The van der Waals surface area contributed by atoms with Crippen LogP contribution in [0.1, 0.15) is 37.0 Å². The zero-order valence-electron chi connectivity index (χ0n) is 8.33. The summed E-state index contributed by atoms with van der Waals surface area (Å²) in [7, 11) is 0. The van der Waals surface area contributed by atoms with Crippen molar-refractivity contribution in [2.24, 2.45) is 5.41 Å². The van der Waals surface area contributed by atoms with Gasteiger partial charge in [-0.1, -0.05) is 25.3 Å². The van der Waals surface area contributed by atoms with E-state index in [1.807, 2.05) is 0 Å². The monoisotopic (exact) mass is 205 g/mol. The molecule has 0 saturated heterocycles. The molecule has 1 aromatic rings. The molecule has 1 aliphatic carbocycles. The van der Waals surface area contributed by atoms with E-state index >= 15 is 0 Å². The van der Waals surface area contributed by atoms with Gasteiger partial charge in [-0.15, -0.1) is 11.3 Å². The van der Waals surface area contributed by atoms with Crippen molar-refractivity contribution in [1.29, 1.82) is 5.26 Å². The lowest BCUT2D eigenvalue weighted by molar-refractivity contribution is 0.267. The lowest BCUT2D eigenvalue weighted by Gasteiger charge is -2.30. The number of nitriles is 1. The number of nitrogens with zero attached hydrogens (tertiary/aromatic N) is 1. The highest BCUT2D eigenvalue weighted by molar-refractivity contribution is 7.09. The number of hydrogen-bond acceptors (Lipinski definition) is 2. The summed E-state index contributed by atoms with van der Waals surface area (Å²) in [5.41, 5.74) is -0.0386. The summed E-state index contributed by atoms with van der Waals surface area (Å²) in [5, 5.41) is 11.4. The zero-order valence-corrected chi connectivity index (χ0v) is 9.15. The standard InChI is InChI=1S/C12H15NS/c13-10-12(6-2-1-3-7-12)9-11-5-4-8-14-11/h4-5,8H,1-3,6-7,9H2. The quantitative estimate of drug-likeness (QED) is 0.721. The van der Waals surface area contributed by atoms with E-state index in [1.165, 1.54) is 24.1 Å². The highest BCUT2D eigenvalue weighted by Gasteiger charge is 2.32. The molecule has 0 aliphatic heterocycles. The van der Waals surface area contributed by atoms with Crippen LogP contribution in [0.3, 0.4) is 0 Å². The third kappa shape index (κ3) is 1.99. The van der Waals surface area contributed by atoms with Gasteiger partial charge in [0.25, 0.3) is 0 Å². The topological polar surface area (TPSA) is 23.8 Å². The first kappa shape index (κ1) is 9.73. The molecule has 2 heteroatoms. The van der Waals surface area contributed by atoms with Crippen molar-refractivity contribution in [1.82, 2.24) is 0 Å². The molecule has 1 aliphatic rings. The first-order valence-corrected chi connectivity index (χ1v) is 6.16. The molecule has 0 amide bonds. The maximum atomic E-state index is 9.29. The van der Waals surface area contributed by atoms with Crippen LogP contribution in [0.15, 0.2) is 17.5 Å². The molecular formula is C12H15NS. The van der Waals surface area contributed by atoms with Crippen molar-refractivity contribution in [3.8, 4) is 6.07 Å². The molecule has 1 nitrogen and oxygen atoms in total. The highest BCUT2D eigenvalue weighted by atomic mass is 32.1. The molecule has 0 spiro atoms. The van der Waals surface area contributed by atoms with Crippen LogP contribution < -0.4 is 0 Å². The molecule has 0 aromatic carbocycles. The van der Waals surface area contributed by atoms with E-state index in [0.29, 0.717) is 0 Å². The fraction of sp³-hybridized carbons (Fsp3) is 0.583. The SMILES string of the molecule is N#CC1(Cc2cccs2)CCCCC1. The highest BCUT2D eigenvalue weighted by Crippen LogP contribution is 2.39. The Morgan fingerprint density at radius 2 is 2.14 bits per heavy atom. The lowest BCUT2D eigenvalue weighted by atomic mass is 9.73. The first-order chi connectivity index (χ1) is 6.85. The van der Waals surface area contributed by atoms with Crippen molar-refractivity contribution in [3.63, 3.8) is 0 Å². The molecule has 1 saturated carbocycles. The number of thiophene rings is 1. The molecule has 14 heavy (non-hydrogen) atoms. The molecule has 1 heterocycles. The van der Waals surface area contributed by atoms with Crippen molar-refractivity contribution >= 4 is 11.3 Å². The third-order valence-corrected chi connectivity index (χ3v) is 4.02. The predicted molar refractivity (Wildman–Crippen MR) is 59.2 cm³/mol. The van der Waals surface area contributed by atoms with Gasteiger partial charge in [-0.25, -0.2) is 0 Å². The van der Waals surface area contributed by atoms with Gasteiger partial charge in [0.2, 0.25) is 0 Å². The van der Waals surface area contributed by atoms with E-state index < -0.39 is 0 Å². The minimum atomic E-state index is -0.0386. The second-order valence-corrected chi connectivity index (χ2v) is 5.24. The van der Waals surface area contributed by atoms with Crippen molar-refractivity contribution in [3.05, 3.63) is 22.4 Å². The van der Waals surface area contributed by atoms with E-state index in [9.17, 15) is 5.26 Å². The molecule has 0 unspecified atom stereocenters. The van der Waals surface area contributed by atoms with Crippen LogP contribution in [0.5, 0.6) is 0 Å². The van der Waals surface area contributed by atoms with Crippen LogP contribution in [0.25, 0.3) is 0 Å². The summed E-state index contributed by atoms with van der Waals surface area (Å²) in [6.45, 7) is 0. The minimum absolute atomic E-state index is 0.0386. The Morgan fingerprint density at radius 1 is 1.36 bits per heavy atom. The van der Waals surface area contributed by atoms with Crippen LogP contribution in [-0.2, 0) is 6.42 Å². The molecule has 0 bridgehead atoms. The van der Waals surface area contributed by atoms with Gasteiger partial charge in [-0.05, 0) is 24.3 Å². The summed E-state index contributed by atoms with van der Waals surface area (Å²) >= 11 is 1.78. The Labute approximate surface area is 89.4 Å². The van der Waals surface area contributed by atoms with Gasteiger partial charge in [0.15, 0.2) is 0 Å². The maximum absolute atomic E-state index is 9.29. The molecule has 0 N–H and O–H groups in total. The molecule has 1 aromatic heterocycles. The summed E-state index contributed by atoms with van der Waals surface area (Å²) in [5.74, 6) is 0. The third-order valence-electron chi connectivity index (χ3n) is 3.14. The Balaban J connectivity index is 2.09. The Kier molecular flexibility index (Phi) is 2.88. The average Bonchev–Trinajstić information content (AvgIpc) is 2.72. The lowest BCUT2D eigenvalue weighted by Crippen LogP contribution is -2.24. The van der Waals surface area contributed by atoms with Gasteiger partial charge in [-0.2, -0.15) is 5.26 Å². The summed E-state index contributed by atoms with van der Waals surface area (Å²) < 4.78 is 0. The van der Waals surface area contributed by atoms with E-state index in [4.69, 9.17) is 0 Å². The smallest absolute Gasteiger partial charge is 0.0693 e. The minimum Gasteiger partial charge on any atom is -0.198 e. The van der Waals surface area contributed by atoms with E-state index in [2.05, 4.69) is 23.6 Å². The Bertz CT molecular complexity index is 315. The van der Waals surface area contributed by atoms with Gasteiger partial charge in [0.05, 0.1) is 11.5 Å². The number of hydrogen-bond donors (Lipinski definition) is 0. The van der Waals surface area contributed by atoms with Gasteiger partial charge < -0.3 is 0 Å². The van der Waals surface area contributed by atoms with Crippen LogP contribution in [0, 0.1) is 16.7 Å². The van der Waals surface area contributed by atoms with E-state index in [0.717, 1.165) is 19.3 Å². The molecular weight excluding hydrogens is 190 g/mol. The second kappa shape index (κ2) is 4.14. The normalized spacial score (nSPS) is 20.2. The van der Waals surface area contributed by atoms with Gasteiger partial charge in [-0.3, -0.25) is 0 Å². The second-order valence-electron chi connectivity index (χ2n) is 4.21. The maximum Gasteiger partial charge on any atom is 0.0693 e. The number of rotatable bonds is 2. The first-order valence-electron chi connectivity index (χ1n) is 5.28. The fourth-order valence-corrected chi connectivity index (χ4v) is 3.15. The molecule has 0 radical (unpaired) electrons. The summed E-state index contributed by atoms with van der Waals surface area (Å²) in [6.07, 6.45) is 6.95. The molecule has 2 rings (SSSR count). The van der Waals surface area contributed by atoms with Crippen LogP contribution in [0.2, 0.25) is 0 Å². The van der Waals surface area contributed by atoms with E-state index in [1.54, 1.807) is 11.3 Å². The van der Waals surface area contributed by atoms with Crippen molar-refractivity contribution in [2.75, 3.05) is 0 Å². The average molecular weight is 205 g/mol. The fourth-order valence-electron chi connectivity index (χ4n) is 2.30. The van der Waals surface area contributed by atoms with Crippen LogP contribution in [0.4, 0.5) is 0 Å². The molecule has 1 fully saturated rings. The van der Waals surface area contributed by atoms with Gasteiger partial charge >= 0.3 is 0 Å². The Morgan fingerprint density at radius 3 is 2.71 bits per heavy atom. The van der Waals surface area contributed by atoms with Gasteiger partial charge in [0, 0.05) is 11.3 Å². The summed E-state index contributed by atoms with van der Waals surface area (Å²) in [6, 6.07) is 6.79. The van der Waals surface area contributed by atoms with Crippen LogP contribution in [-0.4, -0.2) is 0 Å². The Hall–Kier alpha value is -0.810. The molecule has 74 valence electrons. The van der Waals surface area contributed by atoms with Crippen LogP contribution >= 0.6 is 11.3 Å². The largest absolute Gasteiger partial charge is 0.198 e. The summed E-state index contributed by atoms with van der Waals surface area (Å²) in [4.78, 5) is 1.37. The van der Waals surface area contributed by atoms with E-state index in [-0.39, 0.29) is 5.41 Å². The van der Waals surface area contributed by atoms with Crippen molar-refractivity contribution in [2.45, 2.75) is 38.5 Å². The molecule has 0 atom stereocenters. The zero-order chi connectivity index (χ0) is 9.86. The van der Waals surface area contributed by atoms with Crippen molar-refractivity contribution < 1.29 is 0 Å². The van der Waals surface area contributed by atoms with Gasteiger partial charge in [0.1, 0.15) is 0 Å².